The number of esters is 2. The second-order valence-corrected chi connectivity index (χ2v) is 10.5. The Bertz CT molecular complexity index is 757. The van der Waals surface area contributed by atoms with Crippen LogP contribution in [0.1, 0.15) is 60.3 Å². The van der Waals surface area contributed by atoms with Crippen molar-refractivity contribution in [2.75, 3.05) is 6.61 Å². The summed E-state index contributed by atoms with van der Waals surface area (Å²) in [6.45, 7) is 13.8. The highest BCUT2D eigenvalue weighted by molar-refractivity contribution is 5.67. The van der Waals surface area contributed by atoms with E-state index in [-0.39, 0.29) is 48.0 Å². The van der Waals surface area contributed by atoms with E-state index in [4.69, 9.17) is 18.9 Å². The highest BCUT2D eigenvalue weighted by atomic mass is 16.6. The number of aliphatic hydroxyl groups is 1. The second kappa shape index (κ2) is 7.85. The van der Waals surface area contributed by atoms with Crippen molar-refractivity contribution in [3.05, 3.63) is 12.2 Å². The molecule has 0 amide bonds. The summed E-state index contributed by atoms with van der Waals surface area (Å²) < 4.78 is 24.5. The number of carbonyl (C=O) groups excluding carboxylic acids is 2. The van der Waals surface area contributed by atoms with Crippen molar-refractivity contribution in [3.8, 4) is 0 Å². The van der Waals surface area contributed by atoms with E-state index >= 15 is 0 Å². The summed E-state index contributed by atoms with van der Waals surface area (Å²) in [5.41, 5.74) is -0.724. The average molecular weight is 437 g/mol. The minimum absolute atomic E-state index is 0.0278. The molecule has 1 saturated carbocycles. The molecule has 0 unspecified atom stereocenters. The Kier molecular flexibility index (Phi) is 5.76. The number of ether oxygens (including phenoxy) is 4. The summed E-state index contributed by atoms with van der Waals surface area (Å²) in [5.74, 6) is -0.0626. The molecule has 3 saturated heterocycles. The maximum Gasteiger partial charge on any atom is 0.303 e. The van der Waals surface area contributed by atoms with E-state index in [0.29, 0.717) is 38.2 Å². The van der Waals surface area contributed by atoms with E-state index in [1.807, 2.05) is 6.92 Å². The van der Waals surface area contributed by atoms with Crippen LogP contribution >= 0.6 is 0 Å². The molecule has 2 bridgehead atoms. The Labute approximate surface area is 184 Å². The fraction of sp³-hybridized carbons (Fsp3) is 0.833. The summed E-state index contributed by atoms with van der Waals surface area (Å²) in [5, 5.41) is 10.7. The molecule has 0 radical (unpaired) electrons. The molecule has 1 aliphatic carbocycles. The molecule has 1 spiro atoms. The molecule has 9 atom stereocenters. The van der Waals surface area contributed by atoms with Gasteiger partial charge in [-0.1, -0.05) is 20.4 Å². The molecule has 0 aromatic carbocycles. The van der Waals surface area contributed by atoms with Gasteiger partial charge >= 0.3 is 11.9 Å². The maximum absolute atomic E-state index is 12.1. The summed E-state index contributed by atoms with van der Waals surface area (Å²) >= 11 is 0. The third kappa shape index (κ3) is 3.83. The zero-order valence-corrected chi connectivity index (χ0v) is 19.3. The van der Waals surface area contributed by atoms with Gasteiger partial charge in [-0.05, 0) is 50.0 Å². The Morgan fingerprint density at radius 3 is 2.48 bits per heavy atom. The molecule has 4 fully saturated rings. The van der Waals surface area contributed by atoms with Gasteiger partial charge in [-0.2, -0.15) is 0 Å². The van der Waals surface area contributed by atoms with E-state index in [9.17, 15) is 14.7 Å². The van der Waals surface area contributed by atoms with Gasteiger partial charge in [0.2, 0.25) is 0 Å². The third-order valence-corrected chi connectivity index (χ3v) is 8.05. The number of fused-ring (bicyclic) bond motifs is 6. The van der Waals surface area contributed by atoms with Crippen molar-refractivity contribution < 1.29 is 33.6 Å². The molecule has 174 valence electrons. The maximum atomic E-state index is 12.1. The third-order valence-electron chi connectivity index (χ3n) is 8.05. The Morgan fingerprint density at radius 2 is 1.94 bits per heavy atom. The normalized spacial score (nSPS) is 46.7. The van der Waals surface area contributed by atoms with E-state index in [0.717, 1.165) is 5.57 Å². The lowest BCUT2D eigenvalue weighted by atomic mass is 9.57. The van der Waals surface area contributed by atoms with Crippen LogP contribution in [0, 0.1) is 23.7 Å². The summed E-state index contributed by atoms with van der Waals surface area (Å²) in [6, 6.07) is 0. The molecule has 4 aliphatic rings. The average Bonchev–Trinajstić information content (AvgIpc) is 3.34. The van der Waals surface area contributed by atoms with Gasteiger partial charge in [0.05, 0.1) is 18.8 Å². The number of hydrogen-bond acceptors (Lipinski definition) is 7. The topological polar surface area (TPSA) is 94.6 Å². The molecule has 1 N–H and O–H groups in total. The first-order valence-electron chi connectivity index (χ1n) is 11.5. The van der Waals surface area contributed by atoms with Crippen LogP contribution in [-0.2, 0) is 28.5 Å². The van der Waals surface area contributed by atoms with Crippen molar-refractivity contribution in [2.45, 2.75) is 95.9 Å². The van der Waals surface area contributed by atoms with E-state index in [1.165, 1.54) is 13.8 Å². The van der Waals surface area contributed by atoms with Gasteiger partial charge in [0, 0.05) is 25.7 Å². The number of carbonyl (C=O) groups is 2. The number of rotatable bonds is 3. The molecular formula is C24H36O7. The van der Waals surface area contributed by atoms with Gasteiger partial charge in [-0.25, -0.2) is 0 Å². The SMILES string of the molecule is C=C1C[C@H]2O[C@H]([C@H]3[C@@H]2[C@]2(CO2)[C@@H](OC(C)=O)C[C@@H]3C(C)C)[C@](C)(OC(C)=O)CC[C@@H]1O. The summed E-state index contributed by atoms with van der Waals surface area (Å²) in [7, 11) is 0. The van der Waals surface area contributed by atoms with Gasteiger partial charge < -0.3 is 24.1 Å². The number of epoxide rings is 1. The van der Waals surface area contributed by atoms with Crippen LogP contribution in [0.3, 0.4) is 0 Å². The van der Waals surface area contributed by atoms with Crippen molar-refractivity contribution in [3.63, 3.8) is 0 Å². The van der Waals surface area contributed by atoms with E-state index in [2.05, 4.69) is 20.4 Å². The lowest BCUT2D eigenvalue weighted by Gasteiger charge is -2.48. The lowest BCUT2D eigenvalue weighted by Crippen LogP contribution is -2.58. The Balaban J connectivity index is 1.80. The summed E-state index contributed by atoms with van der Waals surface area (Å²) in [6.07, 6.45) is 0.590. The predicted octanol–water partition coefficient (Wildman–Crippen LogP) is 2.79. The Hall–Kier alpha value is -1.44. The second-order valence-electron chi connectivity index (χ2n) is 10.5. The molecule has 0 aromatic heterocycles. The highest BCUT2D eigenvalue weighted by Crippen LogP contribution is 2.62. The van der Waals surface area contributed by atoms with Crippen molar-refractivity contribution in [2.24, 2.45) is 23.7 Å². The highest BCUT2D eigenvalue weighted by Gasteiger charge is 2.72. The molecule has 7 heteroatoms. The standard InChI is InChI=1S/C24H36O7/c1-12(2)16-10-19(29-14(4)25)24(11-28-24)21-18-9-13(3)17(27)7-8-23(6,31-15(5)26)22(30-18)20(16)21/h12,16-22,27H,3,7-11H2,1-2,4-6H3/t16-,17+,18-,19+,20-,21-,22-,23-,24+/m1/s1. The molecule has 31 heavy (non-hydrogen) atoms. The zero-order chi connectivity index (χ0) is 22.7. The molecule has 0 aromatic rings. The minimum atomic E-state index is -0.868. The van der Waals surface area contributed by atoms with Crippen molar-refractivity contribution in [1.29, 1.82) is 0 Å². The molecule has 7 nitrogen and oxygen atoms in total. The summed E-state index contributed by atoms with van der Waals surface area (Å²) in [4.78, 5) is 24.0. The minimum Gasteiger partial charge on any atom is -0.459 e. The first kappa shape index (κ1) is 22.7. The molecular weight excluding hydrogens is 400 g/mol. The van der Waals surface area contributed by atoms with Gasteiger partial charge in [-0.3, -0.25) is 9.59 Å². The van der Waals surface area contributed by atoms with Gasteiger partial charge in [0.1, 0.15) is 23.4 Å². The quantitative estimate of drug-likeness (QED) is 0.413. The zero-order valence-electron chi connectivity index (χ0n) is 19.3. The van der Waals surface area contributed by atoms with Crippen LogP contribution in [0.25, 0.3) is 0 Å². The fourth-order valence-electron chi connectivity index (χ4n) is 6.60. The Morgan fingerprint density at radius 1 is 1.26 bits per heavy atom. The van der Waals surface area contributed by atoms with Crippen LogP contribution in [-0.4, -0.2) is 59.3 Å². The number of aliphatic hydroxyl groups excluding tert-OH is 1. The van der Waals surface area contributed by atoms with Crippen LogP contribution in [0.5, 0.6) is 0 Å². The van der Waals surface area contributed by atoms with Crippen LogP contribution in [0.4, 0.5) is 0 Å². The fourth-order valence-corrected chi connectivity index (χ4v) is 6.60. The van der Waals surface area contributed by atoms with E-state index in [1.54, 1.807) is 0 Å². The van der Waals surface area contributed by atoms with Crippen molar-refractivity contribution >= 4 is 11.9 Å². The molecule has 3 aliphatic heterocycles. The van der Waals surface area contributed by atoms with Crippen molar-refractivity contribution in [1.82, 2.24) is 0 Å². The predicted molar refractivity (Wildman–Crippen MR) is 112 cm³/mol. The smallest absolute Gasteiger partial charge is 0.303 e. The first-order chi connectivity index (χ1) is 14.5. The lowest BCUT2D eigenvalue weighted by molar-refractivity contribution is -0.181. The first-order valence-corrected chi connectivity index (χ1v) is 11.5. The molecule has 4 rings (SSSR count). The van der Waals surface area contributed by atoms with Crippen LogP contribution < -0.4 is 0 Å². The van der Waals surface area contributed by atoms with Gasteiger partial charge in [0.15, 0.2) is 0 Å². The van der Waals surface area contributed by atoms with Gasteiger partial charge in [0.25, 0.3) is 0 Å². The van der Waals surface area contributed by atoms with Crippen LogP contribution in [0.15, 0.2) is 12.2 Å². The van der Waals surface area contributed by atoms with E-state index < -0.39 is 17.3 Å². The van der Waals surface area contributed by atoms with Crippen LogP contribution in [0.2, 0.25) is 0 Å². The van der Waals surface area contributed by atoms with Gasteiger partial charge in [-0.15, -0.1) is 0 Å². The largest absolute Gasteiger partial charge is 0.459 e. The number of hydrogen-bond donors (Lipinski definition) is 1. The molecule has 3 heterocycles. The monoisotopic (exact) mass is 436 g/mol.